The van der Waals surface area contributed by atoms with Crippen LogP contribution >= 0.6 is 23.2 Å². The summed E-state index contributed by atoms with van der Waals surface area (Å²) in [6, 6.07) is 3.84. The van der Waals surface area contributed by atoms with Gasteiger partial charge < -0.3 is 28.4 Å². The van der Waals surface area contributed by atoms with Gasteiger partial charge in [0.1, 0.15) is 46.5 Å². The van der Waals surface area contributed by atoms with Crippen LogP contribution in [0.15, 0.2) is 0 Å². The van der Waals surface area contributed by atoms with Crippen LogP contribution < -0.4 is 9.47 Å². The van der Waals surface area contributed by atoms with E-state index in [4.69, 9.17) is 51.6 Å². The topological polar surface area (TPSA) is 103 Å². The molecule has 2 aliphatic heterocycles. The van der Waals surface area contributed by atoms with Crippen LogP contribution in [-0.4, -0.2) is 37.4 Å². The van der Waals surface area contributed by atoms with E-state index in [0.29, 0.717) is 0 Å². The first-order chi connectivity index (χ1) is 13.1. The molecule has 0 N–H and O–H groups in total. The molecule has 150 valence electrons. The van der Waals surface area contributed by atoms with Crippen molar-refractivity contribution in [3.05, 3.63) is 21.2 Å². The Balaban J connectivity index is 1.96. The highest BCUT2D eigenvalue weighted by Gasteiger charge is 2.38. The monoisotopic (exact) mass is 428 g/mol. The Kier molecular flexibility index (Phi) is 5.66. The Morgan fingerprint density at radius 3 is 1.43 bits per heavy atom. The molecule has 2 saturated heterocycles. The van der Waals surface area contributed by atoms with Gasteiger partial charge in [-0.2, -0.15) is 10.5 Å². The summed E-state index contributed by atoms with van der Waals surface area (Å²) in [6.45, 7) is 7.12. The van der Waals surface area contributed by atoms with Crippen molar-refractivity contribution in [2.45, 2.75) is 51.8 Å². The Hall–Kier alpha value is -1.78. The van der Waals surface area contributed by atoms with Crippen LogP contribution in [-0.2, 0) is 18.9 Å². The van der Waals surface area contributed by atoms with E-state index in [1.807, 2.05) is 12.1 Å². The first-order valence-corrected chi connectivity index (χ1v) is 9.14. The summed E-state index contributed by atoms with van der Waals surface area (Å²) < 4.78 is 33.4. The molecule has 2 unspecified atom stereocenters. The van der Waals surface area contributed by atoms with E-state index in [-0.39, 0.29) is 45.9 Å². The van der Waals surface area contributed by atoms with Crippen LogP contribution in [0.25, 0.3) is 0 Å². The number of hydrogen-bond acceptors (Lipinski definition) is 8. The van der Waals surface area contributed by atoms with Gasteiger partial charge in [-0.05, 0) is 27.7 Å². The van der Waals surface area contributed by atoms with Gasteiger partial charge in [0.15, 0.2) is 23.1 Å². The number of nitrogens with zero attached hydrogens (tertiary/aromatic N) is 2. The van der Waals surface area contributed by atoms with E-state index < -0.39 is 24.2 Å². The van der Waals surface area contributed by atoms with E-state index >= 15 is 0 Å². The zero-order valence-electron chi connectivity index (χ0n) is 15.7. The van der Waals surface area contributed by atoms with Gasteiger partial charge in [-0.15, -0.1) is 0 Å². The van der Waals surface area contributed by atoms with Crippen LogP contribution in [0.4, 0.5) is 0 Å². The van der Waals surface area contributed by atoms with E-state index in [9.17, 15) is 10.5 Å². The molecule has 1 aromatic carbocycles. The molecule has 0 aliphatic carbocycles. The van der Waals surface area contributed by atoms with Gasteiger partial charge in [-0.3, -0.25) is 0 Å². The van der Waals surface area contributed by atoms with Crippen LogP contribution in [0.3, 0.4) is 0 Å². The summed E-state index contributed by atoms with van der Waals surface area (Å²) >= 11 is 12.7. The number of rotatable bonds is 4. The fraction of sp³-hybridized carbons (Fsp3) is 0.556. The second kappa shape index (κ2) is 7.57. The normalized spacial score (nSPS) is 25.1. The predicted octanol–water partition coefficient (Wildman–Crippen LogP) is 3.71. The molecule has 8 nitrogen and oxygen atoms in total. The molecule has 0 spiro atoms. The minimum atomic E-state index is -0.846. The van der Waals surface area contributed by atoms with Crippen molar-refractivity contribution in [3.8, 4) is 23.6 Å². The maximum Gasteiger partial charge on any atom is 0.226 e. The molecule has 0 bridgehead atoms. The Morgan fingerprint density at radius 2 is 1.18 bits per heavy atom. The summed E-state index contributed by atoms with van der Waals surface area (Å²) in [5.41, 5.74) is -0.253. The fourth-order valence-electron chi connectivity index (χ4n) is 2.77. The van der Waals surface area contributed by atoms with Gasteiger partial charge in [-0.25, -0.2) is 0 Å². The smallest absolute Gasteiger partial charge is 0.226 e. The number of nitriles is 2. The molecule has 2 heterocycles. The van der Waals surface area contributed by atoms with Gasteiger partial charge in [0, 0.05) is 0 Å². The van der Waals surface area contributed by atoms with Gasteiger partial charge in [-0.1, -0.05) is 23.2 Å². The molecule has 2 fully saturated rings. The maximum absolute atomic E-state index is 9.62. The summed E-state index contributed by atoms with van der Waals surface area (Å²) in [7, 11) is 0. The van der Waals surface area contributed by atoms with Gasteiger partial charge in [0.2, 0.25) is 12.6 Å². The predicted molar refractivity (Wildman–Crippen MR) is 97.0 cm³/mol. The van der Waals surface area contributed by atoms with Gasteiger partial charge in [0.25, 0.3) is 0 Å². The Labute approximate surface area is 172 Å². The van der Waals surface area contributed by atoms with Crippen molar-refractivity contribution in [1.82, 2.24) is 0 Å². The molecule has 0 amide bonds. The molecule has 0 aromatic heterocycles. The van der Waals surface area contributed by atoms with E-state index in [1.165, 1.54) is 0 Å². The highest BCUT2D eigenvalue weighted by Crippen LogP contribution is 2.46. The number of ether oxygens (including phenoxy) is 6. The SMILES string of the molecule is CC1(C)OCC(Oc2c(Cl)c(Cl)c(OC3COC(C)(C)O3)c(C#N)c2C#N)O1. The number of halogens is 2. The maximum atomic E-state index is 9.62. The van der Waals surface area contributed by atoms with Crippen LogP contribution in [0.5, 0.6) is 11.5 Å². The van der Waals surface area contributed by atoms with Crippen molar-refractivity contribution >= 4 is 23.2 Å². The largest absolute Gasteiger partial charge is 0.459 e. The van der Waals surface area contributed by atoms with Crippen molar-refractivity contribution in [3.63, 3.8) is 0 Å². The van der Waals surface area contributed by atoms with Crippen molar-refractivity contribution < 1.29 is 28.4 Å². The molecular weight excluding hydrogens is 411 g/mol. The third-order valence-electron chi connectivity index (χ3n) is 3.98. The lowest BCUT2D eigenvalue weighted by Crippen LogP contribution is -2.26. The lowest BCUT2D eigenvalue weighted by Gasteiger charge is -2.22. The Morgan fingerprint density at radius 1 is 0.821 bits per heavy atom. The highest BCUT2D eigenvalue weighted by molar-refractivity contribution is 6.44. The van der Waals surface area contributed by atoms with Crippen LogP contribution in [0, 0.1) is 22.7 Å². The standard InChI is InChI=1S/C18H18Cl2N2O6/c1-17(2)23-7-11(27-17)25-15-9(5-21)10(6-22)16(14(20)13(15)19)26-12-8-24-18(3,4)28-12/h11-12H,7-8H2,1-4H3. The first-order valence-electron chi connectivity index (χ1n) is 8.39. The van der Waals surface area contributed by atoms with Crippen molar-refractivity contribution in [2.75, 3.05) is 13.2 Å². The number of benzene rings is 1. The lowest BCUT2D eigenvalue weighted by atomic mass is 10.1. The van der Waals surface area contributed by atoms with Crippen LogP contribution in [0.1, 0.15) is 38.8 Å². The molecule has 10 heteroatoms. The third-order valence-corrected chi connectivity index (χ3v) is 4.80. The van der Waals surface area contributed by atoms with Crippen LogP contribution in [0.2, 0.25) is 10.0 Å². The molecule has 3 rings (SSSR count). The molecule has 2 atom stereocenters. The van der Waals surface area contributed by atoms with E-state index in [2.05, 4.69) is 0 Å². The first kappa shape index (κ1) is 20.9. The number of hydrogen-bond donors (Lipinski definition) is 0. The average Bonchev–Trinajstić information content (AvgIpc) is 3.14. The van der Waals surface area contributed by atoms with E-state index in [0.717, 1.165) is 0 Å². The van der Waals surface area contributed by atoms with Crippen molar-refractivity contribution in [2.24, 2.45) is 0 Å². The summed E-state index contributed by atoms with van der Waals surface area (Å²) in [5, 5.41) is 19.1. The Bertz CT molecular complexity index is 804. The minimum Gasteiger partial charge on any atom is -0.459 e. The highest BCUT2D eigenvalue weighted by atomic mass is 35.5. The van der Waals surface area contributed by atoms with Gasteiger partial charge >= 0.3 is 0 Å². The summed E-state index contributed by atoms with van der Waals surface area (Å²) in [6.07, 6.45) is -1.64. The quantitative estimate of drug-likeness (QED) is 0.714. The average molecular weight is 429 g/mol. The second-order valence-corrected chi connectivity index (χ2v) is 7.77. The molecular formula is C18H18Cl2N2O6. The molecule has 2 aliphatic rings. The van der Waals surface area contributed by atoms with E-state index in [1.54, 1.807) is 27.7 Å². The molecule has 28 heavy (non-hydrogen) atoms. The molecule has 1 aromatic rings. The molecule has 0 saturated carbocycles. The summed E-state index contributed by atoms with van der Waals surface area (Å²) in [5.74, 6) is -1.84. The second-order valence-electron chi connectivity index (χ2n) is 7.01. The third kappa shape index (κ3) is 4.13. The lowest BCUT2D eigenvalue weighted by molar-refractivity contribution is -0.168. The molecule has 0 radical (unpaired) electrons. The zero-order chi connectivity index (χ0) is 20.7. The van der Waals surface area contributed by atoms with Gasteiger partial charge in [0.05, 0.1) is 0 Å². The summed E-state index contributed by atoms with van der Waals surface area (Å²) in [4.78, 5) is 0. The fourth-order valence-corrected chi connectivity index (χ4v) is 3.22. The zero-order valence-corrected chi connectivity index (χ0v) is 17.2. The van der Waals surface area contributed by atoms with Crippen molar-refractivity contribution in [1.29, 1.82) is 10.5 Å². The minimum absolute atomic E-state index is 0.0757.